The van der Waals surface area contributed by atoms with Crippen LogP contribution in [-0.2, 0) is 9.59 Å². The number of nitrogens with zero attached hydrogens (tertiary/aromatic N) is 2. The number of rotatable bonds is 3. The van der Waals surface area contributed by atoms with Crippen LogP contribution in [0.3, 0.4) is 0 Å². The minimum atomic E-state index is -0.151. The molecule has 0 aromatic carbocycles. The molecule has 2 aliphatic rings. The largest absolute Gasteiger partial charge is 0.453 e. The fourth-order valence-electron chi connectivity index (χ4n) is 2.48. The van der Waals surface area contributed by atoms with Gasteiger partial charge in [0.2, 0.25) is 0 Å². The molecule has 0 bridgehead atoms. The zero-order valence-corrected chi connectivity index (χ0v) is 17.9. The number of thioether (sulfide) groups is 2. The number of amides is 2. The summed E-state index contributed by atoms with van der Waals surface area (Å²) >= 11 is 12.7. The zero-order chi connectivity index (χ0) is 20.0. The van der Waals surface area contributed by atoms with E-state index in [0.29, 0.717) is 41.5 Å². The number of furan rings is 2. The van der Waals surface area contributed by atoms with E-state index < -0.39 is 0 Å². The third-order valence-electron chi connectivity index (χ3n) is 4.02. The molecule has 0 saturated carbocycles. The average Bonchev–Trinajstić information content (AvgIpc) is 3.41. The van der Waals surface area contributed by atoms with Gasteiger partial charge in [0.25, 0.3) is 11.8 Å². The molecule has 0 unspecified atom stereocenters. The van der Waals surface area contributed by atoms with Crippen LogP contribution in [0.2, 0.25) is 0 Å². The fraction of sp³-hybridized carbons (Fsp3) is 0.111. The topological polar surface area (TPSA) is 66.9 Å². The molecule has 0 atom stereocenters. The van der Waals surface area contributed by atoms with E-state index >= 15 is 0 Å². The lowest BCUT2D eigenvalue weighted by molar-refractivity contribution is -0.122. The first-order valence-electron chi connectivity index (χ1n) is 7.96. The smallest absolute Gasteiger partial charge is 0.266 e. The van der Waals surface area contributed by atoms with E-state index in [0.717, 1.165) is 0 Å². The van der Waals surface area contributed by atoms with Crippen molar-refractivity contribution in [3.63, 3.8) is 0 Å². The van der Waals surface area contributed by atoms with Gasteiger partial charge in [-0.2, -0.15) is 0 Å². The molecule has 142 valence electrons. The summed E-state index contributed by atoms with van der Waals surface area (Å²) in [7, 11) is 3.28. The van der Waals surface area contributed by atoms with Crippen molar-refractivity contribution in [3.05, 3.63) is 45.6 Å². The number of carbonyl (C=O) groups is 2. The molecule has 4 rings (SSSR count). The van der Waals surface area contributed by atoms with Gasteiger partial charge >= 0.3 is 0 Å². The number of hydrogen-bond donors (Lipinski definition) is 0. The molecule has 2 aliphatic heterocycles. The Hall–Kier alpha value is -2.14. The van der Waals surface area contributed by atoms with E-state index in [2.05, 4.69) is 0 Å². The van der Waals surface area contributed by atoms with Crippen molar-refractivity contribution >= 4 is 80.6 Å². The lowest BCUT2D eigenvalue weighted by atomic mass is 10.3. The van der Waals surface area contributed by atoms with E-state index in [1.165, 1.54) is 33.3 Å². The first-order valence-corrected chi connectivity index (χ1v) is 10.4. The summed E-state index contributed by atoms with van der Waals surface area (Å²) in [6.45, 7) is 0. The van der Waals surface area contributed by atoms with Gasteiger partial charge in [0.1, 0.15) is 20.2 Å². The highest BCUT2D eigenvalue weighted by atomic mass is 32.2. The van der Waals surface area contributed by atoms with Crippen LogP contribution in [0, 0.1) is 0 Å². The van der Waals surface area contributed by atoms with Gasteiger partial charge in [0.05, 0.1) is 9.81 Å². The Balaban J connectivity index is 1.55. The summed E-state index contributed by atoms with van der Waals surface area (Å²) in [6, 6.07) is 7.02. The van der Waals surface area contributed by atoms with E-state index in [1.54, 1.807) is 50.5 Å². The van der Waals surface area contributed by atoms with Crippen molar-refractivity contribution in [2.24, 2.45) is 0 Å². The molecule has 0 aliphatic carbocycles. The van der Waals surface area contributed by atoms with Crippen LogP contribution in [0.15, 0.2) is 42.9 Å². The zero-order valence-electron chi connectivity index (χ0n) is 14.6. The molecule has 2 fully saturated rings. The van der Waals surface area contributed by atoms with Crippen molar-refractivity contribution in [1.82, 2.24) is 9.80 Å². The van der Waals surface area contributed by atoms with Crippen LogP contribution in [-0.4, -0.2) is 44.4 Å². The van der Waals surface area contributed by atoms with Gasteiger partial charge in [-0.15, -0.1) is 0 Å². The molecule has 2 saturated heterocycles. The minimum Gasteiger partial charge on any atom is -0.453 e. The fourth-order valence-corrected chi connectivity index (χ4v) is 4.79. The lowest BCUT2D eigenvalue weighted by Crippen LogP contribution is -2.22. The molecule has 0 N–H and O–H groups in total. The molecule has 6 nitrogen and oxygen atoms in total. The number of hydrogen-bond acceptors (Lipinski definition) is 8. The molecule has 2 aromatic rings. The van der Waals surface area contributed by atoms with Crippen molar-refractivity contribution in [1.29, 1.82) is 0 Å². The monoisotopic (exact) mass is 448 g/mol. The Morgan fingerprint density at radius 1 is 0.786 bits per heavy atom. The summed E-state index contributed by atoms with van der Waals surface area (Å²) in [5.41, 5.74) is 0. The molecule has 28 heavy (non-hydrogen) atoms. The third-order valence-corrected chi connectivity index (χ3v) is 6.99. The Labute approximate surface area is 179 Å². The van der Waals surface area contributed by atoms with Crippen LogP contribution < -0.4 is 0 Å². The molecular weight excluding hydrogens is 436 g/mol. The maximum atomic E-state index is 12.1. The molecular formula is C18H12N2O4S4. The van der Waals surface area contributed by atoms with Crippen LogP contribution >= 0.6 is 48.0 Å². The van der Waals surface area contributed by atoms with Gasteiger partial charge in [0, 0.05) is 26.2 Å². The van der Waals surface area contributed by atoms with Crippen molar-refractivity contribution in [2.75, 3.05) is 14.1 Å². The highest BCUT2D eigenvalue weighted by Gasteiger charge is 2.30. The van der Waals surface area contributed by atoms with E-state index in [4.69, 9.17) is 33.3 Å². The van der Waals surface area contributed by atoms with Crippen LogP contribution in [0.4, 0.5) is 0 Å². The summed E-state index contributed by atoms with van der Waals surface area (Å²) in [5, 5.41) is 0. The number of likely N-dealkylation sites (N-methyl/N-ethyl adjacent to an activating group) is 2. The van der Waals surface area contributed by atoms with Crippen molar-refractivity contribution in [2.45, 2.75) is 0 Å². The quantitative estimate of drug-likeness (QED) is 0.511. The highest BCUT2D eigenvalue weighted by molar-refractivity contribution is 8.27. The standard InChI is InChI=1S/C18H12N2O4S4/c1-19-15(21)13(27-17(19)25)7-9-3-5-11(23-9)12-6-4-10(24-12)8-14-16(22)20(2)18(26)28-14/h3-8H,1-2H3/b13-7-,14-8-. The predicted molar refractivity (Wildman–Crippen MR) is 118 cm³/mol. The maximum absolute atomic E-state index is 12.1. The second-order valence-electron chi connectivity index (χ2n) is 5.89. The number of thiocarbonyl (C=S) groups is 2. The Morgan fingerprint density at radius 3 is 1.50 bits per heavy atom. The van der Waals surface area contributed by atoms with Crippen LogP contribution in [0.5, 0.6) is 0 Å². The van der Waals surface area contributed by atoms with Gasteiger partial charge in [-0.3, -0.25) is 19.4 Å². The maximum Gasteiger partial charge on any atom is 0.266 e. The predicted octanol–water partition coefficient (Wildman–Crippen LogP) is 4.20. The molecule has 10 heteroatoms. The highest BCUT2D eigenvalue weighted by Crippen LogP contribution is 2.34. The minimum absolute atomic E-state index is 0.151. The lowest BCUT2D eigenvalue weighted by Gasteiger charge is -2.03. The normalized spacial score (nSPS) is 20.5. The molecule has 2 aromatic heterocycles. The van der Waals surface area contributed by atoms with Gasteiger partial charge in [-0.1, -0.05) is 48.0 Å². The van der Waals surface area contributed by atoms with Crippen molar-refractivity contribution < 1.29 is 18.4 Å². The molecule has 4 heterocycles. The summed E-state index contributed by atoms with van der Waals surface area (Å²) in [5.74, 6) is 1.77. The van der Waals surface area contributed by atoms with Gasteiger partial charge in [-0.25, -0.2) is 0 Å². The van der Waals surface area contributed by atoms with Crippen LogP contribution in [0.1, 0.15) is 11.5 Å². The summed E-state index contributed by atoms with van der Waals surface area (Å²) in [4.78, 5) is 28.0. The van der Waals surface area contributed by atoms with Gasteiger partial charge < -0.3 is 8.83 Å². The molecule has 2 amide bonds. The van der Waals surface area contributed by atoms with E-state index in [9.17, 15) is 9.59 Å². The SMILES string of the molecule is CN1C(=O)/C(=C/c2ccc(-c3ccc(/C=C4\SC(=S)N(C)C4=O)o3)o2)SC1=S. The van der Waals surface area contributed by atoms with Gasteiger partial charge in [-0.05, 0) is 24.3 Å². The first-order chi connectivity index (χ1) is 13.3. The third kappa shape index (κ3) is 3.48. The Bertz CT molecular complexity index is 1010. The molecule has 0 radical (unpaired) electrons. The second-order valence-corrected chi connectivity index (χ2v) is 9.24. The van der Waals surface area contributed by atoms with Crippen LogP contribution in [0.25, 0.3) is 23.7 Å². The Kier molecular flexibility index (Phi) is 5.04. The Morgan fingerprint density at radius 2 is 1.18 bits per heavy atom. The second kappa shape index (κ2) is 7.36. The van der Waals surface area contributed by atoms with E-state index in [1.807, 2.05) is 0 Å². The average molecular weight is 449 g/mol. The van der Waals surface area contributed by atoms with Gasteiger partial charge in [0.15, 0.2) is 11.5 Å². The summed E-state index contributed by atoms with van der Waals surface area (Å²) < 4.78 is 12.6. The number of carbonyl (C=O) groups excluding carboxylic acids is 2. The van der Waals surface area contributed by atoms with E-state index in [-0.39, 0.29) is 11.8 Å². The summed E-state index contributed by atoms with van der Waals surface area (Å²) in [6.07, 6.45) is 3.31. The van der Waals surface area contributed by atoms with Crippen molar-refractivity contribution in [3.8, 4) is 11.5 Å². The molecule has 0 spiro atoms. The first kappa shape index (κ1) is 19.2.